The van der Waals surface area contributed by atoms with Gasteiger partial charge in [0.1, 0.15) is 6.04 Å². The molecule has 0 fully saturated rings. The number of hydrogen-bond acceptors (Lipinski definition) is 4. The molecule has 0 aromatic rings. The summed E-state index contributed by atoms with van der Waals surface area (Å²) in [6, 6.07) is -0.870. The van der Waals surface area contributed by atoms with Crippen molar-refractivity contribution in [2.75, 3.05) is 19.7 Å². The molecule has 0 aliphatic heterocycles. The Balaban J connectivity index is 3.55. The molecule has 6 heteroatoms. The Morgan fingerprint density at radius 2 is 1.82 bits per heavy atom. The van der Waals surface area contributed by atoms with Gasteiger partial charge in [-0.15, -0.1) is 0 Å². The Hall–Kier alpha value is -1.14. The lowest BCUT2D eigenvalue weighted by Crippen LogP contribution is -2.46. The molecule has 0 aromatic carbocycles. The van der Waals surface area contributed by atoms with Gasteiger partial charge in [0.25, 0.3) is 0 Å². The lowest BCUT2D eigenvalue weighted by Gasteiger charge is -2.13. The Morgan fingerprint density at radius 3 is 2.35 bits per heavy atom. The largest absolute Gasteiger partial charge is 0.480 e. The van der Waals surface area contributed by atoms with Crippen molar-refractivity contribution in [3.63, 3.8) is 0 Å². The summed E-state index contributed by atoms with van der Waals surface area (Å²) in [5.74, 6) is -1.38. The van der Waals surface area contributed by atoms with Gasteiger partial charge in [0.05, 0.1) is 0 Å². The van der Waals surface area contributed by atoms with Crippen LogP contribution in [0.2, 0.25) is 0 Å². The van der Waals surface area contributed by atoms with Crippen LogP contribution in [0.3, 0.4) is 0 Å². The molecule has 6 nitrogen and oxygen atoms in total. The van der Waals surface area contributed by atoms with Crippen LogP contribution in [0, 0.1) is 0 Å². The Kier molecular flexibility index (Phi) is 9.37. The molecule has 1 unspecified atom stereocenters. The summed E-state index contributed by atoms with van der Waals surface area (Å²) < 4.78 is 0. The highest BCUT2D eigenvalue weighted by atomic mass is 16.4. The molecule has 0 radical (unpaired) electrons. The molecule has 0 spiro atoms. The van der Waals surface area contributed by atoms with Crippen molar-refractivity contribution in [3.8, 4) is 0 Å². The minimum Gasteiger partial charge on any atom is -0.480 e. The maximum absolute atomic E-state index is 10.8. The average Bonchev–Trinajstić information content (AvgIpc) is 2.25. The van der Waals surface area contributed by atoms with Crippen LogP contribution in [0.15, 0.2) is 0 Å². The van der Waals surface area contributed by atoms with Gasteiger partial charge >= 0.3 is 5.97 Å². The van der Waals surface area contributed by atoms with Gasteiger partial charge in [0.2, 0.25) is 5.91 Å². The van der Waals surface area contributed by atoms with Crippen molar-refractivity contribution >= 4 is 11.9 Å². The number of carboxylic acids is 1. The van der Waals surface area contributed by atoms with Crippen molar-refractivity contribution in [1.29, 1.82) is 0 Å². The van der Waals surface area contributed by atoms with E-state index in [1.54, 1.807) is 0 Å². The van der Waals surface area contributed by atoms with Crippen molar-refractivity contribution in [3.05, 3.63) is 0 Å². The summed E-state index contributed by atoms with van der Waals surface area (Å²) >= 11 is 0. The summed E-state index contributed by atoms with van der Waals surface area (Å²) in [6.45, 7) is 2.46. The highest BCUT2D eigenvalue weighted by Crippen LogP contribution is 1.97. The minimum atomic E-state index is -1.03. The van der Waals surface area contributed by atoms with E-state index in [2.05, 4.69) is 10.6 Å². The molecule has 0 saturated carbocycles. The monoisotopic (exact) mass is 246 g/mol. The number of carboxylic acid groups (broad SMARTS) is 1. The van der Waals surface area contributed by atoms with Crippen LogP contribution < -0.4 is 10.6 Å². The SMILES string of the molecule is CC(=O)NC(CNCCCCCCO)C(=O)O. The molecule has 0 aromatic heterocycles. The molecule has 4 N–H and O–H groups in total. The van der Waals surface area contributed by atoms with Crippen molar-refractivity contribution in [2.45, 2.75) is 38.6 Å². The van der Waals surface area contributed by atoms with Crippen molar-refractivity contribution in [1.82, 2.24) is 10.6 Å². The van der Waals surface area contributed by atoms with Crippen LogP contribution in [0.1, 0.15) is 32.6 Å². The van der Waals surface area contributed by atoms with E-state index in [1.165, 1.54) is 6.92 Å². The standard InChI is InChI=1S/C11H22N2O4/c1-9(15)13-10(11(16)17)8-12-6-4-2-3-5-7-14/h10,12,14H,2-8H2,1H3,(H,13,15)(H,16,17). The smallest absolute Gasteiger partial charge is 0.327 e. The van der Waals surface area contributed by atoms with Gasteiger partial charge in [-0.2, -0.15) is 0 Å². The summed E-state index contributed by atoms with van der Waals surface area (Å²) in [4.78, 5) is 21.5. The maximum Gasteiger partial charge on any atom is 0.327 e. The molecule has 100 valence electrons. The van der Waals surface area contributed by atoms with Gasteiger partial charge < -0.3 is 20.8 Å². The van der Waals surface area contributed by atoms with E-state index in [0.717, 1.165) is 32.2 Å². The van der Waals surface area contributed by atoms with Crippen LogP contribution in [0.4, 0.5) is 0 Å². The van der Waals surface area contributed by atoms with Gasteiger partial charge in [0.15, 0.2) is 0 Å². The van der Waals surface area contributed by atoms with Gasteiger partial charge in [-0.3, -0.25) is 4.79 Å². The van der Waals surface area contributed by atoms with E-state index < -0.39 is 12.0 Å². The van der Waals surface area contributed by atoms with Gasteiger partial charge in [-0.1, -0.05) is 12.8 Å². The fraction of sp³-hybridized carbons (Fsp3) is 0.818. The van der Waals surface area contributed by atoms with Crippen LogP contribution in [0.5, 0.6) is 0 Å². The molecular formula is C11H22N2O4. The molecule has 0 aliphatic rings. The summed E-state index contributed by atoms with van der Waals surface area (Å²) in [5.41, 5.74) is 0. The summed E-state index contributed by atoms with van der Waals surface area (Å²) in [6.07, 6.45) is 3.73. The van der Waals surface area contributed by atoms with E-state index in [4.69, 9.17) is 10.2 Å². The zero-order chi connectivity index (χ0) is 13.1. The predicted octanol–water partition coefficient (Wildman–Crippen LogP) is -0.282. The maximum atomic E-state index is 10.8. The second-order valence-electron chi connectivity index (χ2n) is 3.93. The molecule has 1 atom stereocenters. The number of nitrogens with one attached hydrogen (secondary N) is 2. The summed E-state index contributed by atoms with van der Waals surface area (Å²) in [7, 11) is 0. The van der Waals surface area contributed by atoms with Crippen LogP contribution in [-0.4, -0.2) is 47.8 Å². The first-order chi connectivity index (χ1) is 8.07. The fourth-order valence-corrected chi connectivity index (χ4v) is 1.41. The van der Waals surface area contributed by atoms with E-state index in [9.17, 15) is 9.59 Å². The van der Waals surface area contributed by atoms with Crippen LogP contribution in [-0.2, 0) is 9.59 Å². The first-order valence-electron chi connectivity index (χ1n) is 5.89. The lowest BCUT2D eigenvalue weighted by atomic mass is 10.2. The molecule has 0 aliphatic carbocycles. The topological polar surface area (TPSA) is 98.7 Å². The molecule has 0 saturated heterocycles. The lowest BCUT2D eigenvalue weighted by molar-refractivity contribution is -0.141. The molecule has 0 rings (SSSR count). The molecule has 0 bridgehead atoms. The van der Waals surface area contributed by atoms with Crippen LogP contribution in [0.25, 0.3) is 0 Å². The van der Waals surface area contributed by atoms with Crippen molar-refractivity contribution < 1.29 is 19.8 Å². The molecule has 17 heavy (non-hydrogen) atoms. The highest BCUT2D eigenvalue weighted by molar-refractivity contribution is 5.82. The third-order valence-electron chi connectivity index (χ3n) is 2.29. The second kappa shape index (κ2) is 10.0. The first-order valence-corrected chi connectivity index (χ1v) is 5.89. The van der Waals surface area contributed by atoms with E-state index in [0.29, 0.717) is 0 Å². The predicted molar refractivity (Wildman–Crippen MR) is 63.7 cm³/mol. The number of aliphatic hydroxyl groups is 1. The fourth-order valence-electron chi connectivity index (χ4n) is 1.41. The Morgan fingerprint density at radius 1 is 1.18 bits per heavy atom. The molecule has 0 heterocycles. The van der Waals surface area contributed by atoms with Gasteiger partial charge in [-0.25, -0.2) is 4.79 Å². The first kappa shape index (κ1) is 15.9. The van der Waals surface area contributed by atoms with E-state index in [-0.39, 0.29) is 19.1 Å². The summed E-state index contributed by atoms with van der Waals surface area (Å²) in [5, 5.41) is 22.7. The molecule has 1 amide bonds. The third-order valence-corrected chi connectivity index (χ3v) is 2.29. The van der Waals surface area contributed by atoms with E-state index >= 15 is 0 Å². The number of rotatable bonds is 10. The van der Waals surface area contributed by atoms with E-state index in [1.807, 2.05) is 0 Å². The Labute approximate surface area is 101 Å². The normalized spacial score (nSPS) is 12.1. The number of aliphatic carboxylic acids is 1. The van der Waals surface area contributed by atoms with Crippen LogP contribution >= 0.6 is 0 Å². The second-order valence-corrected chi connectivity index (χ2v) is 3.93. The number of amides is 1. The number of unbranched alkanes of at least 4 members (excludes halogenated alkanes) is 3. The number of aliphatic hydroxyl groups excluding tert-OH is 1. The van der Waals surface area contributed by atoms with Gasteiger partial charge in [0, 0.05) is 20.1 Å². The highest BCUT2D eigenvalue weighted by Gasteiger charge is 2.16. The zero-order valence-electron chi connectivity index (χ0n) is 10.2. The number of carbonyl (C=O) groups is 2. The van der Waals surface area contributed by atoms with Crippen molar-refractivity contribution in [2.24, 2.45) is 0 Å². The van der Waals surface area contributed by atoms with Gasteiger partial charge in [-0.05, 0) is 19.4 Å². The number of hydrogen-bond donors (Lipinski definition) is 4. The number of carbonyl (C=O) groups excluding carboxylic acids is 1. The average molecular weight is 246 g/mol. The zero-order valence-corrected chi connectivity index (χ0v) is 10.2. The minimum absolute atomic E-state index is 0.219. The quantitative estimate of drug-likeness (QED) is 0.397. The Bertz CT molecular complexity index is 234. The third kappa shape index (κ3) is 9.77. The molecular weight excluding hydrogens is 224 g/mol.